The van der Waals surface area contributed by atoms with Crippen molar-refractivity contribution >= 4 is 23.3 Å². The highest BCUT2D eigenvalue weighted by atomic mass is 16.5. The van der Waals surface area contributed by atoms with E-state index in [0.29, 0.717) is 12.1 Å². The number of anilines is 1. The first-order chi connectivity index (χ1) is 15.0. The first kappa shape index (κ1) is 21.3. The third-order valence-electron chi connectivity index (χ3n) is 5.88. The number of nitrogens with zero attached hydrogens (tertiary/aromatic N) is 6. The second-order valence-corrected chi connectivity index (χ2v) is 8.17. The third-order valence-corrected chi connectivity index (χ3v) is 5.88. The quantitative estimate of drug-likeness (QED) is 0.609. The minimum absolute atomic E-state index is 0.250. The van der Waals surface area contributed by atoms with E-state index in [2.05, 4.69) is 46.8 Å². The molecule has 5 heterocycles. The SMILES string of the molecule is CC(C)N1CCc2nn(-c3cc[nH]n3)c3nc(N4CCOC[C@H]4C)cc(c23)C1.O=CO. The molecule has 0 bridgehead atoms. The normalized spacial score (nSPS) is 19.2. The molecular formula is C21H29N7O3. The molecule has 31 heavy (non-hydrogen) atoms. The van der Waals surface area contributed by atoms with Crippen molar-refractivity contribution in [1.29, 1.82) is 0 Å². The summed E-state index contributed by atoms with van der Waals surface area (Å²) in [5.41, 5.74) is 3.32. The van der Waals surface area contributed by atoms with Crippen LogP contribution in [0.25, 0.3) is 16.9 Å². The molecule has 10 nitrogen and oxygen atoms in total. The molecule has 0 unspecified atom stereocenters. The Morgan fingerprint density at radius 1 is 1.32 bits per heavy atom. The molecule has 0 spiro atoms. The zero-order chi connectivity index (χ0) is 22.0. The number of aromatic amines is 1. The average molecular weight is 428 g/mol. The molecule has 5 rings (SSSR count). The van der Waals surface area contributed by atoms with E-state index in [1.807, 2.05) is 16.9 Å². The van der Waals surface area contributed by atoms with Gasteiger partial charge in [-0.1, -0.05) is 0 Å². The Bertz CT molecular complexity index is 1030. The highest BCUT2D eigenvalue weighted by Gasteiger charge is 2.27. The number of carboxylic acid groups (broad SMARTS) is 1. The van der Waals surface area contributed by atoms with Crippen molar-refractivity contribution in [2.75, 3.05) is 31.2 Å². The molecule has 1 saturated heterocycles. The molecule has 1 fully saturated rings. The molecule has 10 heteroatoms. The van der Waals surface area contributed by atoms with E-state index in [1.54, 1.807) is 0 Å². The van der Waals surface area contributed by atoms with Crippen LogP contribution < -0.4 is 4.90 Å². The lowest BCUT2D eigenvalue weighted by atomic mass is 10.1. The maximum Gasteiger partial charge on any atom is 0.290 e. The van der Waals surface area contributed by atoms with Crippen LogP contribution in [-0.2, 0) is 22.5 Å². The molecule has 0 aromatic carbocycles. The van der Waals surface area contributed by atoms with Crippen molar-refractivity contribution in [3.8, 4) is 5.82 Å². The van der Waals surface area contributed by atoms with E-state index in [-0.39, 0.29) is 6.47 Å². The van der Waals surface area contributed by atoms with Crippen LogP contribution in [0.4, 0.5) is 5.82 Å². The Labute approximate surface area is 180 Å². The van der Waals surface area contributed by atoms with Crippen LogP contribution in [0.3, 0.4) is 0 Å². The summed E-state index contributed by atoms with van der Waals surface area (Å²) in [5.74, 6) is 1.79. The fraction of sp³-hybridized carbons (Fsp3) is 0.524. The van der Waals surface area contributed by atoms with Crippen LogP contribution in [0.2, 0.25) is 0 Å². The molecule has 1 atom stereocenters. The van der Waals surface area contributed by atoms with Gasteiger partial charge in [0, 0.05) is 49.7 Å². The fourth-order valence-electron chi connectivity index (χ4n) is 4.29. The number of hydrogen-bond donors (Lipinski definition) is 2. The van der Waals surface area contributed by atoms with E-state index in [9.17, 15) is 0 Å². The summed E-state index contributed by atoms with van der Waals surface area (Å²) >= 11 is 0. The summed E-state index contributed by atoms with van der Waals surface area (Å²) in [6.07, 6.45) is 2.75. The highest BCUT2D eigenvalue weighted by Crippen LogP contribution is 2.32. The Morgan fingerprint density at radius 3 is 2.81 bits per heavy atom. The monoisotopic (exact) mass is 427 g/mol. The second kappa shape index (κ2) is 9.03. The Morgan fingerprint density at radius 2 is 2.13 bits per heavy atom. The highest BCUT2D eigenvalue weighted by molar-refractivity contribution is 5.85. The summed E-state index contributed by atoms with van der Waals surface area (Å²) in [6, 6.07) is 5.01. The molecule has 0 radical (unpaired) electrons. The summed E-state index contributed by atoms with van der Waals surface area (Å²) in [7, 11) is 0. The van der Waals surface area contributed by atoms with Crippen molar-refractivity contribution in [1.82, 2.24) is 29.9 Å². The molecule has 0 saturated carbocycles. The average Bonchev–Trinajstić information content (AvgIpc) is 3.35. The Balaban J connectivity index is 0.000000730. The number of hydrogen-bond acceptors (Lipinski definition) is 7. The largest absolute Gasteiger partial charge is 0.483 e. The smallest absolute Gasteiger partial charge is 0.290 e. The molecule has 0 aliphatic carbocycles. The standard InChI is InChI=1S/C20H27N7O.CH2O2/c1-13(2)25-7-5-16-19-15(11-25)10-18(26-8-9-28-12-14(26)3)22-20(19)27(24-16)17-4-6-21-23-17;2-1-3/h4,6,10,13-14H,5,7-9,11-12H2,1-3H3,(H,21,23);1H,(H,2,3)/t14-;/m1./s1. The predicted molar refractivity (Wildman–Crippen MR) is 117 cm³/mol. The summed E-state index contributed by atoms with van der Waals surface area (Å²) in [5, 5.41) is 20.2. The van der Waals surface area contributed by atoms with Gasteiger partial charge in [-0.15, -0.1) is 0 Å². The topological polar surface area (TPSA) is 112 Å². The summed E-state index contributed by atoms with van der Waals surface area (Å²) < 4.78 is 7.53. The van der Waals surface area contributed by atoms with Crippen molar-refractivity contribution < 1.29 is 14.6 Å². The first-order valence-electron chi connectivity index (χ1n) is 10.6. The van der Waals surface area contributed by atoms with Gasteiger partial charge in [0.15, 0.2) is 11.5 Å². The van der Waals surface area contributed by atoms with Crippen molar-refractivity contribution in [2.24, 2.45) is 0 Å². The number of aromatic nitrogens is 5. The van der Waals surface area contributed by atoms with Crippen LogP contribution in [0.5, 0.6) is 0 Å². The molecule has 2 aliphatic rings. The van der Waals surface area contributed by atoms with Gasteiger partial charge in [-0.05, 0) is 32.4 Å². The number of rotatable bonds is 3. The number of pyridine rings is 1. The van der Waals surface area contributed by atoms with Gasteiger partial charge in [0.2, 0.25) is 0 Å². The Kier molecular flexibility index (Phi) is 6.19. The lowest BCUT2D eigenvalue weighted by molar-refractivity contribution is -0.122. The van der Waals surface area contributed by atoms with Gasteiger partial charge in [0.1, 0.15) is 5.82 Å². The number of nitrogens with one attached hydrogen (secondary N) is 1. The summed E-state index contributed by atoms with van der Waals surface area (Å²) in [4.78, 5) is 18.3. The van der Waals surface area contributed by atoms with Crippen LogP contribution in [-0.4, -0.2) is 79.8 Å². The van der Waals surface area contributed by atoms with Gasteiger partial charge in [-0.3, -0.25) is 14.8 Å². The minimum atomic E-state index is -0.250. The van der Waals surface area contributed by atoms with E-state index >= 15 is 0 Å². The van der Waals surface area contributed by atoms with Crippen LogP contribution in [0.1, 0.15) is 32.0 Å². The van der Waals surface area contributed by atoms with Gasteiger partial charge in [-0.2, -0.15) is 14.9 Å². The molecular weight excluding hydrogens is 398 g/mol. The molecule has 166 valence electrons. The molecule has 3 aromatic heterocycles. The van der Waals surface area contributed by atoms with Gasteiger partial charge in [0.05, 0.1) is 24.9 Å². The van der Waals surface area contributed by atoms with Crippen molar-refractivity contribution in [3.63, 3.8) is 0 Å². The third kappa shape index (κ3) is 4.13. The maximum atomic E-state index is 8.36. The number of ether oxygens (including phenoxy) is 1. The molecule has 2 aliphatic heterocycles. The lowest BCUT2D eigenvalue weighted by Crippen LogP contribution is -2.44. The predicted octanol–water partition coefficient (Wildman–Crippen LogP) is 1.84. The van der Waals surface area contributed by atoms with Crippen LogP contribution >= 0.6 is 0 Å². The zero-order valence-electron chi connectivity index (χ0n) is 18.2. The summed E-state index contributed by atoms with van der Waals surface area (Å²) in [6.45, 7) is 10.7. The van der Waals surface area contributed by atoms with Crippen molar-refractivity contribution in [3.05, 3.63) is 29.6 Å². The molecule has 3 aromatic rings. The van der Waals surface area contributed by atoms with E-state index < -0.39 is 0 Å². The first-order valence-corrected chi connectivity index (χ1v) is 10.6. The van der Waals surface area contributed by atoms with Crippen LogP contribution in [0.15, 0.2) is 18.3 Å². The minimum Gasteiger partial charge on any atom is -0.483 e. The lowest BCUT2D eigenvalue weighted by Gasteiger charge is -2.34. The van der Waals surface area contributed by atoms with E-state index in [4.69, 9.17) is 24.7 Å². The maximum absolute atomic E-state index is 8.36. The zero-order valence-corrected chi connectivity index (χ0v) is 18.2. The van der Waals surface area contributed by atoms with E-state index in [0.717, 1.165) is 62.2 Å². The second-order valence-electron chi connectivity index (χ2n) is 8.17. The Hall–Kier alpha value is -2.98. The number of H-pyrrole nitrogens is 1. The van der Waals surface area contributed by atoms with Gasteiger partial charge < -0.3 is 14.7 Å². The van der Waals surface area contributed by atoms with Crippen LogP contribution in [0, 0.1) is 0 Å². The number of carbonyl (C=O) groups is 1. The fourth-order valence-corrected chi connectivity index (χ4v) is 4.29. The van der Waals surface area contributed by atoms with Crippen molar-refractivity contribution in [2.45, 2.75) is 45.8 Å². The van der Waals surface area contributed by atoms with E-state index in [1.165, 1.54) is 10.9 Å². The van der Waals surface area contributed by atoms with Gasteiger partial charge in [-0.25, -0.2) is 4.98 Å². The van der Waals surface area contributed by atoms with Gasteiger partial charge in [0.25, 0.3) is 6.47 Å². The number of morpholine rings is 1. The van der Waals surface area contributed by atoms with Gasteiger partial charge >= 0.3 is 0 Å². The molecule has 2 N–H and O–H groups in total. The molecule has 0 amide bonds.